The van der Waals surface area contributed by atoms with Gasteiger partial charge in [-0.1, -0.05) is 12.1 Å². The molecule has 0 aliphatic rings. The van der Waals surface area contributed by atoms with Gasteiger partial charge in [0.1, 0.15) is 22.3 Å². The topological polar surface area (TPSA) is 93.8 Å². The van der Waals surface area contributed by atoms with E-state index in [9.17, 15) is 4.79 Å². The van der Waals surface area contributed by atoms with E-state index in [4.69, 9.17) is 9.51 Å². The molecule has 1 amide bonds. The average Bonchev–Trinajstić information content (AvgIpc) is 3.35. The van der Waals surface area contributed by atoms with E-state index in [1.54, 1.807) is 42.1 Å². The first kappa shape index (κ1) is 18.9. The highest BCUT2D eigenvalue weighted by molar-refractivity contribution is 7.15. The zero-order chi connectivity index (χ0) is 20.4. The van der Waals surface area contributed by atoms with Crippen molar-refractivity contribution in [3.63, 3.8) is 0 Å². The lowest BCUT2D eigenvalue weighted by Gasteiger charge is -2.07. The molecule has 0 bridgehead atoms. The van der Waals surface area contributed by atoms with Crippen LogP contribution in [0.15, 0.2) is 47.4 Å². The van der Waals surface area contributed by atoms with Crippen LogP contribution in [0.5, 0.6) is 0 Å². The molecule has 0 spiro atoms. The molecule has 4 aromatic heterocycles. The number of anilines is 1. The molecule has 0 fully saturated rings. The van der Waals surface area contributed by atoms with Crippen LogP contribution >= 0.6 is 11.3 Å². The first-order chi connectivity index (χ1) is 14.0. The highest BCUT2D eigenvalue weighted by Crippen LogP contribution is 2.34. The molecule has 4 rings (SSSR count). The molecule has 146 valence electrons. The molecule has 4 aromatic rings. The maximum atomic E-state index is 12.4. The molecule has 0 aromatic carbocycles. The normalized spacial score (nSPS) is 10.9. The first-order valence-corrected chi connectivity index (χ1v) is 9.98. The Morgan fingerprint density at radius 1 is 1.21 bits per heavy atom. The van der Waals surface area contributed by atoms with Gasteiger partial charge in [0.25, 0.3) is 5.91 Å². The van der Waals surface area contributed by atoms with Crippen molar-refractivity contribution in [3.8, 4) is 22.0 Å². The molecule has 0 unspecified atom stereocenters. The van der Waals surface area contributed by atoms with Crippen LogP contribution in [0.25, 0.3) is 22.0 Å². The molecule has 0 aliphatic carbocycles. The van der Waals surface area contributed by atoms with Gasteiger partial charge in [0.15, 0.2) is 0 Å². The summed E-state index contributed by atoms with van der Waals surface area (Å²) in [5.74, 6) is 0.991. The van der Waals surface area contributed by atoms with E-state index in [2.05, 4.69) is 27.4 Å². The standard InChI is InChI=1S/C21H19N5O2S/c1-4-17-19(25-21(29-17)16-9-13(3)28-26-16)14-5-6-18(23-10-14)24-20(27)15-11-22-8-7-12(15)2/h5-11H,4H2,1-3H3,(H,23,24,27). The number of hydrogen-bond acceptors (Lipinski definition) is 7. The van der Waals surface area contributed by atoms with Crippen LogP contribution in [-0.4, -0.2) is 26.0 Å². The fraction of sp³-hybridized carbons (Fsp3) is 0.190. The maximum Gasteiger partial charge on any atom is 0.258 e. The second kappa shape index (κ2) is 7.92. The van der Waals surface area contributed by atoms with Gasteiger partial charge in [0.05, 0.1) is 11.3 Å². The van der Waals surface area contributed by atoms with E-state index in [0.717, 1.165) is 44.6 Å². The summed E-state index contributed by atoms with van der Waals surface area (Å²) >= 11 is 1.60. The Kier molecular flexibility index (Phi) is 5.18. The second-order valence-corrected chi connectivity index (χ2v) is 7.63. The maximum absolute atomic E-state index is 12.4. The van der Waals surface area contributed by atoms with Crippen molar-refractivity contribution in [2.75, 3.05) is 5.32 Å². The third kappa shape index (κ3) is 3.93. The predicted molar refractivity (Wildman–Crippen MR) is 112 cm³/mol. The highest BCUT2D eigenvalue weighted by atomic mass is 32.1. The lowest BCUT2D eigenvalue weighted by Crippen LogP contribution is -2.14. The van der Waals surface area contributed by atoms with Crippen molar-refractivity contribution in [2.24, 2.45) is 0 Å². The summed E-state index contributed by atoms with van der Waals surface area (Å²) < 4.78 is 5.16. The summed E-state index contributed by atoms with van der Waals surface area (Å²) in [6.45, 7) is 5.82. The molecule has 0 saturated carbocycles. The summed E-state index contributed by atoms with van der Waals surface area (Å²) in [5, 5.41) is 7.68. The van der Waals surface area contributed by atoms with Gasteiger partial charge in [-0.15, -0.1) is 11.3 Å². The molecule has 0 radical (unpaired) electrons. The number of pyridine rings is 2. The van der Waals surface area contributed by atoms with Crippen LogP contribution in [0, 0.1) is 13.8 Å². The molecule has 4 heterocycles. The van der Waals surface area contributed by atoms with Crippen LogP contribution in [0.4, 0.5) is 5.82 Å². The zero-order valence-electron chi connectivity index (χ0n) is 16.3. The first-order valence-electron chi connectivity index (χ1n) is 9.17. The van der Waals surface area contributed by atoms with Crippen molar-refractivity contribution in [2.45, 2.75) is 27.2 Å². The minimum atomic E-state index is -0.234. The minimum absolute atomic E-state index is 0.234. The number of amides is 1. The van der Waals surface area contributed by atoms with Crippen LogP contribution in [0.3, 0.4) is 0 Å². The Bertz CT molecular complexity index is 1160. The van der Waals surface area contributed by atoms with Crippen LogP contribution in [0.1, 0.15) is 33.5 Å². The molecule has 1 N–H and O–H groups in total. The van der Waals surface area contributed by atoms with Gasteiger partial charge < -0.3 is 9.84 Å². The zero-order valence-corrected chi connectivity index (χ0v) is 17.1. The quantitative estimate of drug-likeness (QED) is 0.518. The fourth-order valence-corrected chi connectivity index (χ4v) is 3.86. The number of aryl methyl sites for hydroxylation is 3. The third-order valence-corrected chi connectivity index (χ3v) is 5.65. The number of thiazole rings is 1. The summed E-state index contributed by atoms with van der Waals surface area (Å²) in [6, 6.07) is 7.36. The highest BCUT2D eigenvalue weighted by Gasteiger charge is 2.16. The molecule has 0 aliphatic heterocycles. The van der Waals surface area contributed by atoms with Crippen LogP contribution in [0.2, 0.25) is 0 Å². The fourth-order valence-electron chi connectivity index (χ4n) is 2.89. The second-order valence-electron chi connectivity index (χ2n) is 6.54. The Labute approximate surface area is 171 Å². The lowest BCUT2D eigenvalue weighted by atomic mass is 10.1. The summed E-state index contributed by atoms with van der Waals surface area (Å²) in [6.07, 6.45) is 5.78. The average molecular weight is 405 g/mol. The number of carbonyl (C=O) groups is 1. The van der Waals surface area contributed by atoms with Gasteiger partial charge in [-0.05, 0) is 44.0 Å². The van der Waals surface area contributed by atoms with Gasteiger partial charge in [-0.3, -0.25) is 9.78 Å². The molecular weight excluding hydrogens is 386 g/mol. The molecular formula is C21H19N5O2S. The monoisotopic (exact) mass is 405 g/mol. The Morgan fingerprint density at radius 3 is 2.72 bits per heavy atom. The minimum Gasteiger partial charge on any atom is -0.361 e. The van der Waals surface area contributed by atoms with Gasteiger partial charge in [0, 0.05) is 35.1 Å². The Balaban J connectivity index is 1.57. The SMILES string of the molecule is CCc1sc(-c2cc(C)on2)nc1-c1ccc(NC(=O)c2cnccc2C)nc1. The van der Waals surface area contributed by atoms with Crippen molar-refractivity contribution in [1.29, 1.82) is 0 Å². The molecule has 8 heteroatoms. The molecule has 7 nitrogen and oxygen atoms in total. The van der Waals surface area contributed by atoms with Gasteiger partial charge >= 0.3 is 0 Å². The number of carbonyl (C=O) groups excluding carboxylic acids is 1. The van der Waals surface area contributed by atoms with Gasteiger partial charge in [-0.25, -0.2) is 9.97 Å². The number of aromatic nitrogens is 4. The van der Waals surface area contributed by atoms with Gasteiger partial charge in [0.2, 0.25) is 0 Å². The predicted octanol–water partition coefficient (Wildman–Crippen LogP) is 4.69. The smallest absolute Gasteiger partial charge is 0.258 e. The van der Waals surface area contributed by atoms with E-state index < -0.39 is 0 Å². The summed E-state index contributed by atoms with van der Waals surface area (Å²) in [7, 11) is 0. The van der Waals surface area contributed by atoms with E-state index in [1.165, 1.54) is 0 Å². The van der Waals surface area contributed by atoms with E-state index >= 15 is 0 Å². The Hall–Kier alpha value is -3.39. The number of hydrogen-bond donors (Lipinski definition) is 1. The number of nitrogens with zero attached hydrogens (tertiary/aromatic N) is 4. The third-order valence-electron chi connectivity index (χ3n) is 4.43. The van der Waals surface area contributed by atoms with Crippen molar-refractivity contribution < 1.29 is 9.32 Å². The van der Waals surface area contributed by atoms with E-state index in [0.29, 0.717) is 11.4 Å². The van der Waals surface area contributed by atoms with Crippen LogP contribution in [-0.2, 0) is 6.42 Å². The molecule has 0 atom stereocenters. The van der Waals surface area contributed by atoms with Crippen LogP contribution < -0.4 is 5.32 Å². The number of rotatable bonds is 5. The summed E-state index contributed by atoms with van der Waals surface area (Å²) in [4.78, 5) is 26.7. The van der Waals surface area contributed by atoms with Gasteiger partial charge in [-0.2, -0.15) is 0 Å². The molecule has 0 saturated heterocycles. The van der Waals surface area contributed by atoms with Crippen molar-refractivity contribution >= 4 is 23.1 Å². The number of nitrogens with one attached hydrogen (secondary N) is 1. The van der Waals surface area contributed by atoms with Crippen molar-refractivity contribution in [1.82, 2.24) is 20.1 Å². The molecule has 29 heavy (non-hydrogen) atoms. The van der Waals surface area contributed by atoms with E-state index in [1.807, 2.05) is 26.0 Å². The summed E-state index contributed by atoms with van der Waals surface area (Å²) in [5.41, 5.74) is 3.89. The Morgan fingerprint density at radius 2 is 2.07 bits per heavy atom. The van der Waals surface area contributed by atoms with Crippen molar-refractivity contribution in [3.05, 3.63) is 64.6 Å². The largest absolute Gasteiger partial charge is 0.361 e. The lowest BCUT2D eigenvalue weighted by molar-refractivity contribution is 0.102. The van der Waals surface area contributed by atoms with E-state index in [-0.39, 0.29) is 5.91 Å².